The standard InChI is InChI=1S/C20H23NO3S/c1-15(22)18-10-11-19(25-18)20(23)21-12-13-24-17(14-21)9-5-8-16-6-3-2-4-7-16/h2-4,6-7,10-11,17H,5,8-9,12-14H2,1H3. The van der Waals surface area contributed by atoms with Gasteiger partial charge in [0.25, 0.3) is 5.91 Å². The summed E-state index contributed by atoms with van der Waals surface area (Å²) in [7, 11) is 0. The molecule has 2 heterocycles. The van der Waals surface area contributed by atoms with E-state index >= 15 is 0 Å². The van der Waals surface area contributed by atoms with Crippen molar-refractivity contribution in [3.8, 4) is 0 Å². The molecule has 5 heteroatoms. The summed E-state index contributed by atoms with van der Waals surface area (Å²) in [6.45, 7) is 3.34. The number of rotatable bonds is 6. The summed E-state index contributed by atoms with van der Waals surface area (Å²) in [5, 5.41) is 0. The highest BCUT2D eigenvalue weighted by Crippen LogP contribution is 2.21. The Kier molecular flexibility index (Phi) is 6.00. The second-order valence-corrected chi connectivity index (χ2v) is 7.43. The average Bonchev–Trinajstić information content (AvgIpc) is 3.13. The first-order valence-corrected chi connectivity index (χ1v) is 9.50. The van der Waals surface area contributed by atoms with Crippen molar-refractivity contribution < 1.29 is 14.3 Å². The Balaban J connectivity index is 1.51. The third-order valence-corrected chi connectivity index (χ3v) is 5.60. The number of carbonyl (C=O) groups excluding carboxylic acids is 2. The number of ether oxygens (including phenoxy) is 1. The average molecular weight is 357 g/mol. The zero-order chi connectivity index (χ0) is 17.6. The first kappa shape index (κ1) is 17.8. The fraction of sp³-hybridized carbons (Fsp3) is 0.400. The molecule has 2 aromatic rings. The van der Waals surface area contributed by atoms with Gasteiger partial charge >= 0.3 is 0 Å². The lowest BCUT2D eigenvalue weighted by Crippen LogP contribution is -2.45. The predicted molar refractivity (Wildman–Crippen MR) is 99.3 cm³/mol. The molecule has 0 bridgehead atoms. The second-order valence-electron chi connectivity index (χ2n) is 6.34. The van der Waals surface area contributed by atoms with Crippen LogP contribution in [0.15, 0.2) is 42.5 Å². The minimum atomic E-state index is 0.00446. The van der Waals surface area contributed by atoms with Crippen LogP contribution in [0.5, 0.6) is 0 Å². The van der Waals surface area contributed by atoms with Crippen molar-refractivity contribution in [2.45, 2.75) is 32.3 Å². The highest BCUT2D eigenvalue weighted by Gasteiger charge is 2.26. The van der Waals surface area contributed by atoms with E-state index < -0.39 is 0 Å². The van der Waals surface area contributed by atoms with Crippen LogP contribution in [0.1, 0.15) is 44.7 Å². The number of amides is 1. The lowest BCUT2D eigenvalue weighted by Gasteiger charge is -2.32. The predicted octanol–water partition coefficient (Wildman–Crippen LogP) is 3.81. The molecule has 132 valence electrons. The Morgan fingerprint density at radius 2 is 1.92 bits per heavy atom. The van der Waals surface area contributed by atoms with Crippen molar-refractivity contribution in [1.29, 1.82) is 0 Å². The van der Waals surface area contributed by atoms with Gasteiger partial charge in [0.05, 0.1) is 22.5 Å². The normalized spacial score (nSPS) is 17.5. The monoisotopic (exact) mass is 357 g/mol. The summed E-state index contributed by atoms with van der Waals surface area (Å²) in [5.41, 5.74) is 1.33. The van der Waals surface area contributed by atoms with Gasteiger partial charge in [0.2, 0.25) is 0 Å². The summed E-state index contributed by atoms with van der Waals surface area (Å²) < 4.78 is 5.83. The number of thiophene rings is 1. The molecule has 3 rings (SSSR count). The smallest absolute Gasteiger partial charge is 0.264 e. The van der Waals surface area contributed by atoms with Gasteiger partial charge in [-0.1, -0.05) is 30.3 Å². The SMILES string of the molecule is CC(=O)c1ccc(C(=O)N2CCOC(CCCc3ccccc3)C2)s1. The molecule has 1 aliphatic heterocycles. The van der Waals surface area contributed by atoms with E-state index in [0.29, 0.717) is 29.5 Å². The zero-order valence-corrected chi connectivity index (χ0v) is 15.3. The van der Waals surface area contributed by atoms with E-state index in [2.05, 4.69) is 24.3 Å². The maximum Gasteiger partial charge on any atom is 0.264 e. The van der Waals surface area contributed by atoms with Crippen LogP contribution in [0.4, 0.5) is 0 Å². The Bertz CT molecular complexity index is 726. The molecule has 1 unspecified atom stereocenters. The van der Waals surface area contributed by atoms with Crippen molar-refractivity contribution in [3.05, 3.63) is 57.8 Å². The molecule has 1 aromatic carbocycles. The molecular weight excluding hydrogens is 334 g/mol. The van der Waals surface area contributed by atoms with Crippen molar-refractivity contribution in [2.24, 2.45) is 0 Å². The van der Waals surface area contributed by atoms with Crippen LogP contribution < -0.4 is 0 Å². The van der Waals surface area contributed by atoms with Gasteiger partial charge in [-0.25, -0.2) is 0 Å². The third-order valence-electron chi connectivity index (χ3n) is 4.42. The van der Waals surface area contributed by atoms with Crippen LogP contribution >= 0.6 is 11.3 Å². The third kappa shape index (κ3) is 4.77. The van der Waals surface area contributed by atoms with Crippen LogP contribution in [-0.4, -0.2) is 42.4 Å². The van der Waals surface area contributed by atoms with Gasteiger partial charge in [0, 0.05) is 13.1 Å². The Morgan fingerprint density at radius 1 is 1.16 bits per heavy atom. The van der Waals surface area contributed by atoms with Crippen molar-refractivity contribution in [1.82, 2.24) is 4.90 Å². The first-order valence-electron chi connectivity index (χ1n) is 8.69. The van der Waals surface area contributed by atoms with E-state index in [1.165, 1.54) is 23.8 Å². The fourth-order valence-electron chi connectivity index (χ4n) is 3.05. The Labute approximate surface area is 152 Å². The maximum atomic E-state index is 12.6. The summed E-state index contributed by atoms with van der Waals surface area (Å²) >= 11 is 1.28. The van der Waals surface area contributed by atoms with Gasteiger partial charge in [-0.05, 0) is 43.9 Å². The molecule has 25 heavy (non-hydrogen) atoms. The lowest BCUT2D eigenvalue weighted by molar-refractivity contribution is -0.0253. The minimum Gasteiger partial charge on any atom is -0.375 e. The molecule has 0 spiro atoms. The molecule has 1 aromatic heterocycles. The number of carbonyl (C=O) groups is 2. The number of morpholine rings is 1. The lowest BCUT2D eigenvalue weighted by atomic mass is 10.1. The van der Waals surface area contributed by atoms with Gasteiger partial charge < -0.3 is 9.64 Å². The van der Waals surface area contributed by atoms with Crippen LogP contribution in [0, 0.1) is 0 Å². The van der Waals surface area contributed by atoms with Crippen molar-refractivity contribution in [3.63, 3.8) is 0 Å². The van der Waals surface area contributed by atoms with E-state index in [-0.39, 0.29) is 17.8 Å². The number of aryl methyl sites for hydroxylation is 1. The number of hydrogen-bond acceptors (Lipinski definition) is 4. The topological polar surface area (TPSA) is 46.6 Å². The first-order chi connectivity index (χ1) is 12.1. The van der Waals surface area contributed by atoms with Gasteiger partial charge in [-0.3, -0.25) is 9.59 Å². The summed E-state index contributed by atoms with van der Waals surface area (Å²) in [5.74, 6) is 0.0127. The molecule has 4 nitrogen and oxygen atoms in total. The maximum absolute atomic E-state index is 12.6. The van der Waals surface area contributed by atoms with Crippen LogP contribution in [0.3, 0.4) is 0 Å². The molecule has 0 N–H and O–H groups in total. The number of hydrogen-bond donors (Lipinski definition) is 0. The molecule has 0 saturated carbocycles. The van der Waals surface area contributed by atoms with E-state index in [1.54, 1.807) is 12.1 Å². The molecule has 0 aliphatic carbocycles. The fourth-order valence-corrected chi connectivity index (χ4v) is 3.92. The zero-order valence-electron chi connectivity index (χ0n) is 14.4. The number of ketones is 1. The molecular formula is C20H23NO3S. The summed E-state index contributed by atoms with van der Waals surface area (Å²) in [4.78, 5) is 27.2. The van der Waals surface area contributed by atoms with Gasteiger partial charge in [0.15, 0.2) is 5.78 Å². The Morgan fingerprint density at radius 3 is 2.64 bits per heavy atom. The van der Waals surface area contributed by atoms with Gasteiger partial charge in [0.1, 0.15) is 0 Å². The quantitative estimate of drug-likeness (QED) is 0.739. The second kappa shape index (κ2) is 8.41. The van der Waals surface area contributed by atoms with Crippen LogP contribution in [0.25, 0.3) is 0 Å². The minimum absolute atomic E-state index is 0.00446. The highest BCUT2D eigenvalue weighted by molar-refractivity contribution is 7.15. The van der Waals surface area contributed by atoms with Gasteiger partial charge in [-0.15, -0.1) is 11.3 Å². The molecule has 1 atom stereocenters. The molecule has 1 saturated heterocycles. The Hall–Kier alpha value is -1.98. The van der Waals surface area contributed by atoms with Gasteiger partial charge in [-0.2, -0.15) is 0 Å². The van der Waals surface area contributed by atoms with Crippen LogP contribution in [0.2, 0.25) is 0 Å². The summed E-state index contributed by atoms with van der Waals surface area (Å²) in [6.07, 6.45) is 3.11. The number of nitrogens with zero attached hydrogens (tertiary/aromatic N) is 1. The van der Waals surface area contributed by atoms with E-state index in [1.807, 2.05) is 11.0 Å². The molecule has 0 radical (unpaired) electrons. The largest absolute Gasteiger partial charge is 0.375 e. The van der Waals surface area contributed by atoms with E-state index in [0.717, 1.165) is 19.3 Å². The molecule has 1 fully saturated rings. The summed E-state index contributed by atoms with van der Waals surface area (Å²) in [6, 6.07) is 13.9. The number of benzene rings is 1. The molecule has 1 amide bonds. The highest BCUT2D eigenvalue weighted by atomic mass is 32.1. The van der Waals surface area contributed by atoms with Crippen molar-refractivity contribution in [2.75, 3.05) is 19.7 Å². The van der Waals surface area contributed by atoms with E-state index in [9.17, 15) is 9.59 Å². The van der Waals surface area contributed by atoms with Crippen molar-refractivity contribution >= 4 is 23.0 Å². The van der Waals surface area contributed by atoms with E-state index in [4.69, 9.17) is 4.74 Å². The number of Topliss-reactive ketones (excluding diaryl/α,β-unsaturated/α-hetero) is 1. The molecule has 1 aliphatic rings. The van der Waals surface area contributed by atoms with Crippen LogP contribution in [-0.2, 0) is 11.2 Å².